The van der Waals surface area contributed by atoms with Crippen molar-refractivity contribution < 1.29 is 4.79 Å². The predicted octanol–water partition coefficient (Wildman–Crippen LogP) is 1.61. The van der Waals surface area contributed by atoms with E-state index in [9.17, 15) is 4.79 Å². The molecule has 2 aliphatic heterocycles. The van der Waals surface area contributed by atoms with Crippen LogP contribution in [-0.2, 0) is 0 Å². The van der Waals surface area contributed by atoms with Gasteiger partial charge in [-0.15, -0.1) is 12.4 Å². The molecule has 0 saturated carbocycles. The van der Waals surface area contributed by atoms with Crippen molar-refractivity contribution in [2.75, 3.05) is 31.9 Å². The second kappa shape index (κ2) is 5.80. The Morgan fingerprint density at radius 3 is 2.63 bits per heavy atom. The van der Waals surface area contributed by atoms with Gasteiger partial charge in [0.1, 0.15) is 0 Å². The summed E-state index contributed by atoms with van der Waals surface area (Å²) in [7, 11) is 0. The number of carbonyl (C=O) groups excluding carboxylic acids is 1. The van der Waals surface area contributed by atoms with Crippen LogP contribution in [0.4, 0.5) is 5.69 Å². The van der Waals surface area contributed by atoms with E-state index >= 15 is 0 Å². The zero-order valence-corrected chi connectivity index (χ0v) is 11.7. The van der Waals surface area contributed by atoms with Gasteiger partial charge in [0.05, 0.1) is 0 Å². The molecule has 0 aromatic heterocycles. The average Bonchev–Trinajstić information content (AvgIpc) is 2.86. The van der Waals surface area contributed by atoms with Crippen LogP contribution in [-0.4, -0.2) is 47.9 Å². The molecule has 1 aromatic carbocycles. The Bertz CT molecular complexity index is 449. The van der Waals surface area contributed by atoms with Crippen molar-refractivity contribution in [1.82, 2.24) is 9.80 Å². The number of hydrogen-bond donors (Lipinski definition) is 1. The number of carbonyl (C=O) groups is 1. The normalized spacial score (nSPS) is 22.7. The Balaban J connectivity index is 0.00000133. The van der Waals surface area contributed by atoms with Gasteiger partial charge in [0.25, 0.3) is 5.91 Å². The molecule has 1 unspecified atom stereocenters. The molecule has 1 amide bonds. The minimum absolute atomic E-state index is 0. The lowest BCUT2D eigenvalue weighted by Crippen LogP contribution is -2.52. The number of fused-ring (bicyclic) bond motifs is 1. The zero-order valence-electron chi connectivity index (χ0n) is 10.9. The number of rotatable bonds is 1. The molecule has 2 saturated heterocycles. The molecule has 4 nitrogen and oxygen atoms in total. The number of anilines is 1. The number of nitrogens with two attached hydrogens (primary N) is 1. The van der Waals surface area contributed by atoms with Crippen LogP contribution in [0.3, 0.4) is 0 Å². The van der Waals surface area contributed by atoms with Gasteiger partial charge in [-0.1, -0.05) is 0 Å². The molecule has 1 aromatic rings. The quantitative estimate of drug-likeness (QED) is 0.796. The van der Waals surface area contributed by atoms with Crippen LogP contribution in [0, 0.1) is 0 Å². The first-order valence-electron chi connectivity index (χ1n) is 6.63. The standard InChI is InChI=1S/C14H19N3O.ClH/c15-12-5-3-11(4-6-12)14(18)17-9-8-16-7-1-2-13(16)10-17;/h3-6,13H,1-2,7-10,15H2;1H. The Morgan fingerprint density at radius 1 is 1.16 bits per heavy atom. The van der Waals surface area contributed by atoms with Crippen molar-refractivity contribution >= 4 is 24.0 Å². The van der Waals surface area contributed by atoms with Gasteiger partial charge in [0.2, 0.25) is 0 Å². The van der Waals surface area contributed by atoms with Gasteiger partial charge in [-0.25, -0.2) is 0 Å². The fraction of sp³-hybridized carbons (Fsp3) is 0.500. The molecular weight excluding hydrogens is 262 g/mol. The fourth-order valence-electron chi connectivity index (χ4n) is 2.98. The number of benzene rings is 1. The van der Waals surface area contributed by atoms with E-state index in [4.69, 9.17) is 5.73 Å². The number of hydrogen-bond acceptors (Lipinski definition) is 3. The van der Waals surface area contributed by atoms with Gasteiger partial charge in [-0.2, -0.15) is 0 Å². The van der Waals surface area contributed by atoms with Crippen LogP contribution >= 0.6 is 12.4 Å². The summed E-state index contributed by atoms with van der Waals surface area (Å²) in [4.78, 5) is 16.9. The lowest BCUT2D eigenvalue weighted by Gasteiger charge is -2.37. The number of nitrogen functional groups attached to an aromatic ring is 1. The van der Waals surface area contributed by atoms with E-state index in [0.29, 0.717) is 11.7 Å². The molecule has 0 radical (unpaired) electrons. The highest BCUT2D eigenvalue weighted by Gasteiger charge is 2.32. The Labute approximate surface area is 120 Å². The molecule has 0 aliphatic carbocycles. The highest BCUT2D eigenvalue weighted by molar-refractivity contribution is 5.94. The van der Waals surface area contributed by atoms with Crippen LogP contribution in [0.1, 0.15) is 23.2 Å². The molecule has 19 heavy (non-hydrogen) atoms. The minimum atomic E-state index is 0. The van der Waals surface area contributed by atoms with Crippen molar-refractivity contribution in [3.05, 3.63) is 29.8 Å². The van der Waals surface area contributed by atoms with E-state index in [1.807, 2.05) is 17.0 Å². The molecule has 104 valence electrons. The molecule has 2 fully saturated rings. The van der Waals surface area contributed by atoms with Crippen LogP contribution in [0.25, 0.3) is 0 Å². The third kappa shape index (κ3) is 2.85. The molecule has 0 spiro atoms. The molecule has 3 rings (SSSR count). The highest BCUT2D eigenvalue weighted by Crippen LogP contribution is 2.22. The second-order valence-electron chi connectivity index (χ2n) is 5.21. The summed E-state index contributed by atoms with van der Waals surface area (Å²) in [6.07, 6.45) is 2.50. The Hall–Kier alpha value is -1.26. The summed E-state index contributed by atoms with van der Waals surface area (Å²) >= 11 is 0. The van der Waals surface area contributed by atoms with Gasteiger partial charge in [-0.3, -0.25) is 9.69 Å². The molecule has 2 aliphatic rings. The Morgan fingerprint density at radius 2 is 1.89 bits per heavy atom. The first-order chi connectivity index (χ1) is 8.74. The summed E-state index contributed by atoms with van der Waals surface area (Å²) in [6.45, 7) is 3.95. The van der Waals surface area contributed by atoms with Crippen LogP contribution in [0.15, 0.2) is 24.3 Å². The smallest absolute Gasteiger partial charge is 0.253 e. The largest absolute Gasteiger partial charge is 0.399 e. The predicted molar refractivity (Wildman–Crippen MR) is 78.6 cm³/mol. The van der Waals surface area contributed by atoms with Gasteiger partial charge in [-0.05, 0) is 43.7 Å². The molecule has 0 bridgehead atoms. The van der Waals surface area contributed by atoms with Crippen LogP contribution in [0.2, 0.25) is 0 Å². The van der Waals surface area contributed by atoms with Crippen molar-refractivity contribution in [3.8, 4) is 0 Å². The summed E-state index contributed by atoms with van der Waals surface area (Å²) in [5, 5.41) is 0. The first kappa shape index (κ1) is 14.2. The molecule has 1 atom stereocenters. The van der Waals surface area contributed by atoms with Crippen molar-refractivity contribution in [2.45, 2.75) is 18.9 Å². The molecule has 2 heterocycles. The third-order valence-electron chi connectivity index (χ3n) is 4.03. The lowest BCUT2D eigenvalue weighted by molar-refractivity contribution is 0.0571. The lowest BCUT2D eigenvalue weighted by atomic mass is 10.1. The second-order valence-corrected chi connectivity index (χ2v) is 5.21. The van der Waals surface area contributed by atoms with E-state index in [-0.39, 0.29) is 18.3 Å². The zero-order chi connectivity index (χ0) is 12.5. The molecular formula is C14H20ClN3O. The first-order valence-corrected chi connectivity index (χ1v) is 6.63. The van der Waals surface area contributed by atoms with Gasteiger partial charge >= 0.3 is 0 Å². The van der Waals surface area contributed by atoms with Crippen molar-refractivity contribution in [1.29, 1.82) is 0 Å². The molecule has 5 heteroatoms. The number of nitrogens with zero attached hydrogens (tertiary/aromatic N) is 2. The number of piperazine rings is 1. The number of halogens is 1. The third-order valence-corrected chi connectivity index (χ3v) is 4.03. The maximum absolute atomic E-state index is 12.4. The molecule has 2 N–H and O–H groups in total. The van der Waals surface area contributed by atoms with E-state index < -0.39 is 0 Å². The van der Waals surface area contributed by atoms with E-state index in [0.717, 1.165) is 25.2 Å². The monoisotopic (exact) mass is 281 g/mol. The summed E-state index contributed by atoms with van der Waals surface area (Å²) in [5.74, 6) is 0.140. The van der Waals surface area contributed by atoms with Crippen molar-refractivity contribution in [2.24, 2.45) is 0 Å². The minimum Gasteiger partial charge on any atom is -0.399 e. The van der Waals surface area contributed by atoms with Crippen LogP contribution < -0.4 is 5.73 Å². The van der Waals surface area contributed by atoms with E-state index in [1.165, 1.54) is 19.4 Å². The Kier molecular flexibility index (Phi) is 4.32. The highest BCUT2D eigenvalue weighted by atomic mass is 35.5. The number of amides is 1. The van der Waals surface area contributed by atoms with Gasteiger partial charge < -0.3 is 10.6 Å². The van der Waals surface area contributed by atoms with Crippen LogP contribution in [0.5, 0.6) is 0 Å². The fourth-order valence-corrected chi connectivity index (χ4v) is 2.98. The van der Waals surface area contributed by atoms with E-state index in [1.54, 1.807) is 12.1 Å². The summed E-state index contributed by atoms with van der Waals surface area (Å²) in [5.41, 5.74) is 7.09. The SMILES string of the molecule is Cl.Nc1ccc(C(=O)N2CCN3CCCC3C2)cc1. The topological polar surface area (TPSA) is 49.6 Å². The maximum atomic E-state index is 12.4. The summed E-state index contributed by atoms with van der Waals surface area (Å²) < 4.78 is 0. The van der Waals surface area contributed by atoms with Gasteiger partial charge in [0, 0.05) is 36.9 Å². The van der Waals surface area contributed by atoms with Gasteiger partial charge in [0.15, 0.2) is 0 Å². The maximum Gasteiger partial charge on any atom is 0.253 e. The van der Waals surface area contributed by atoms with E-state index in [2.05, 4.69) is 4.90 Å². The average molecular weight is 282 g/mol. The summed E-state index contributed by atoms with van der Waals surface area (Å²) in [6, 6.07) is 7.80. The van der Waals surface area contributed by atoms with Crippen molar-refractivity contribution in [3.63, 3.8) is 0 Å².